The standard InChI is InChI=1S/C16H35N.C3H8O3S/c1-2-3-4-5-6-7-8-9-10-11-12-13-14-15-16-17;1-2-3-7(4,5)6/h2-17H2,1H3;2-3H2,1H3,(H,4,5,6). The fraction of sp³-hybridized carbons (Fsp3) is 1.00. The van der Waals surface area contributed by atoms with Gasteiger partial charge in [0, 0.05) is 0 Å². The van der Waals surface area contributed by atoms with Crippen molar-refractivity contribution in [2.45, 2.75) is 110 Å². The summed E-state index contributed by atoms with van der Waals surface area (Å²) in [5.41, 5.74) is 5.47. The van der Waals surface area contributed by atoms with E-state index in [-0.39, 0.29) is 5.75 Å². The fourth-order valence-corrected chi connectivity index (χ4v) is 3.11. The first kappa shape index (κ1) is 26.1. The first-order valence-corrected chi connectivity index (χ1v) is 11.7. The van der Waals surface area contributed by atoms with E-state index in [0.29, 0.717) is 6.42 Å². The molecule has 0 radical (unpaired) electrons. The quantitative estimate of drug-likeness (QED) is 0.271. The molecule has 0 aromatic rings. The Hall–Kier alpha value is -0.130. The Balaban J connectivity index is 0. The lowest BCUT2D eigenvalue weighted by atomic mass is 10.0. The third kappa shape index (κ3) is 29.8. The lowest BCUT2D eigenvalue weighted by Gasteiger charge is -2.02. The predicted octanol–water partition coefficient (Wildman–Crippen LogP) is 5.71. The highest BCUT2D eigenvalue weighted by molar-refractivity contribution is 7.85. The largest absolute Gasteiger partial charge is 0.330 e. The summed E-state index contributed by atoms with van der Waals surface area (Å²) in [4.78, 5) is 0. The summed E-state index contributed by atoms with van der Waals surface area (Å²) in [5.74, 6) is -0.132. The zero-order valence-electron chi connectivity index (χ0n) is 16.3. The Labute approximate surface area is 151 Å². The maximum absolute atomic E-state index is 9.79. The van der Waals surface area contributed by atoms with Gasteiger partial charge in [-0.05, 0) is 19.4 Å². The van der Waals surface area contributed by atoms with Crippen molar-refractivity contribution in [1.29, 1.82) is 0 Å². The minimum Gasteiger partial charge on any atom is -0.330 e. The maximum Gasteiger partial charge on any atom is 0.264 e. The molecule has 5 heteroatoms. The average Bonchev–Trinajstić information content (AvgIpc) is 2.51. The van der Waals surface area contributed by atoms with Crippen molar-refractivity contribution >= 4 is 10.1 Å². The lowest BCUT2D eigenvalue weighted by molar-refractivity contribution is 0.482. The second kappa shape index (κ2) is 20.9. The van der Waals surface area contributed by atoms with Gasteiger partial charge < -0.3 is 5.73 Å². The van der Waals surface area contributed by atoms with Crippen molar-refractivity contribution < 1.29 is 13.0 Å². The van der Waals surface area contributed by atoms with Crippen LogP contribution in [0.25, 0.3) is 0 Å². The molecule has 0 aliphatic rings. The van der Waals surface area contributed by atoms with Crippen LogP contribution in [0.2, 0.25) is 0 Å². The Morgan fingerprint density at radius 3 is 1.17 bits per heavy atom. The molecule has 0 saturated carbocycles. The highest BCUT2D eigenvalue weighted by Gasteiger charge is 1.98. The summed E-state index contributed by atoms with van der Waals surface area (Å²) < 4.78 is 27.6. The van der Waals surface area contributed by atoms with E-state index in [4.69, 9.17) is 10.3 Å². The first-order chi connectivity index (χ1) is 11.5. The Kier molecular flexibility index (Phi) is 22.7. The molecule has 3 N–H and O–H groups in total. The average molecular weight is 366 g/mol. The molecule has 148 valence electrons. The van der Waals surface area contributed by atoms with Crippen molar-refractivity contribution in [2.24, 2.45) is 5.73 Å². The van der Waals surface area contributed by atoms with E-state index in [1.165, 1.54) is 89.9 Å². The molecule has 0 saturated heterocycles. The van der Waals surface area contributed by atoms with Crippen LogP contribution >= 0.6 is 0 Å². The maximum atomic E-state index is 9.79. The van der Waals surface area contributed by atoms with Crippen LogP contribution in [0, 0.1) is 0 Å². The molecule has 0 rings (SSSR count). The predicted molar refractivity (Wildman–Crippen MR) is 106 cm³/mol. The van der Waals surface area contributed by atoms with Gasteiger partial charge in [-0.2, -0.15) is 8.42 Å². The molecule has 0 unspecified atom stereocenters. The summed E-state index contributed by atoms with van der Waals surface area (Å²) in [6.07, 6.45) is 20.3. The first-order valence-electron chi connectivity index (χ1n) is 10.1. The summed E-state index contributed by atoms with van der Waals surface area (Å²) in [7, 11) is -3.67. The van der Waals surface area contributed by atoms with E-state index in [9.17, 15) is 8.42 Å². The monoisotopic (exact) mass is 365 g/mol. The van der Waals surface area contributed by atoms with Crippen LogP contribution in [0.4, 0.5) is 0 Å². The minimum absolute atomic E-state index is 0.132. The van der Waals surface area contributed by atoms with Gasteiger partial charge in [0.2, 0.25) is 0 Å². The van der Waals surface area contributed by atoms with Crippen molar-refractivity contribution in [3.63, 3.8) is 0 Å². The van der Waals surface area contributed by atoms with Crippen molar-refractivity contribution in [3.8, 4) is 0 Å². The molecule has 0 aromatic carbocycles. The van der Waals surface area contributed by atoms with Gasteiger partial charge in [-0.25, -0.2) is 0 Å². The third-order valence-corrected chi connectivity index (χ3v) is 4.94. The minimum atomic E-state index is -3.67. The SMILES string of the molecule is CCCCCCCCCCCCCCCCN.CCCS(=O)(=O)O. The lowest BCUT2D eigenvalue weighted by Crippen LogP contribution is -2.01. The molecule has 0 atom stereocenters. The molecule has 0 aromatic heterocycles. The zero-order valence-corrected chi connectivity index (χ0v) is 17.1. The van der Waals surface area contributed by atoms with Gasteiger partial charge in [-0.1, -0.05) is 97.3 Å². The molecule has 4 nitrogen and oxygen atoms in total. The summed E-state index contributed by atoms with van der Waals surface area (Å²) in [5, 5.41) is 0. The molecular weight excluding hydrogens is 322 g/mol. The van der Waals surface area contributed by atoms with Gasteiger partial charge in [-0.3, -0.25) is 4.55 Å². The van der Waals surface area contributed by atoms with Crippen LogP contribution in [-0.4, -0.2) is 25.3 Å². The van der Waals surface area contributed by atoms with E-state index in [0.717, 1.165) is 6.54 Å². The molecule has 0 heterocycles. The second-order valence-corrected chi connectivity index (χ2v) is 8.24. The molecule has 0 bridgehead atoms. The van der Waals surface area contributed by atoms with Crippen LogP contribution < -0.4 is 5.73 Å². The van der Waals surface area contributed by atoms with E-state index in [1.54, 1.807) is 6.92 Å². The van der Waals surface area contributed by atoms with E-state index >= 15 is 0 Å². The second-order valence-electron chi connectivity index (χ2n) is 6.67. The van der Waals surface area contributed by atoms with E-state index in [2.05, 4.69) is 6.92 Å². The molecule has 0 spiro atoms. The fourth-order valence-electron chi connectivity index (χ4n) is 2.60. The van der Waals surface area contributed by atoms with Gasteiger partial charge >= 0.3 is 0 Å². The number of hydrogen-bond acceptors (Lipinski definition) is 3. The smallest absolute Gasteiger partial charge is 0.264 e. The number of rotatable bonds is 16. The highest BCUT2D eigenvalue weighted by atomic mass is 32.2. The van der Waals surface area contributed by atoms with Crippen molar-refractivity contribution in [2.75, 3.05) is 12.3 Å². The van der Waals surface area contributed by atoms with Crippen molar-refractivity contribution in [3.05, 3.63) is 0 Å². The highest BCUT2D eigenvalue weighted by Crippen LogP contribution is 2.12. The van der Waals surface area contributed by atoms with Crippen molar-refractivity contribution in [1.82, 2.24) is 0 Å². The summed E-state index contributed by atoms with van der Waals surface area (Å²) >= 11 is 0. The van der Waals surface area contributed by atoms with E-state index < -0.39 is 10.1 Å². The third-order valence-electron chi connectivity index (χ3n) is 4.02. The van der Waals surface area contributed by atoms with Crippen LogP contribution in [0.1, 0.15) is 110 Å². The van der Waals surface area contributed by atoms with Gasteiger partial charge in [-0.15, -0.1) is 0 Å². The Morgan fingerprint density at radius 1 is 0.625 bits per heavy atom. The Morgan fingerprint density at radius 2 is 0.958 bits per heavy atom. The van der Waals surface area contributed by atoms with E-state index in [1.807, 2.05) is 0 Å². The Bertz CT molecular complexity index is 305. The molecule has 0 fully saturated rings. The number of nitrogens with two attached hydrogens (primary N) is 1. The van der Waals surface area contributed by atoms with Crippen LogP contribution in [0.5, 0.6) is 0 Å². The van der Waals surface area contributed by atoms with Gasteiger partial charge in [0.05, 0.1) is 5.75 Å². The molecule has 0 aliphatic carbocycles. The van der Waals surface area contributed by atoms with Gasteiger partial charge in [0.1, 0.15) is 0 Å². The van der Waals surface area contributed by atoms with Gasteiger partial charge in [0.25, 0.3) is 10.1 Å². The van der Waals surface area contributed by atoms with Crippen LogP contribution in [0.3, 0.4) is 0 Å². The number of hydrogen-bond donors (Lipinski definition) is 2. The summed E-state index contributed by atoms with van der Waals surface area (Å²) in [6.45, 7) is 4.85. The zero-order chi connectivity index (χ0) is 18.5. The van der Waals surface area contributed by atoms with Gasteiger partial charge in [0.15, 0.2) is 0 Å². The molecule has 24 heavy (non-hydrogen) atoms. The molecular formula is C19H43NO3S. The molecule has 0 aliphatic heterocycles. The summed E-state index contributed by atoms with van der Waals surface area (Å²) in [6, 6.07) is 0. The molecule has 0 amide bonds. The topological polar surface area (TPSA) is 80.4 Å². The van der Waals surface area contributed by atoms with Crippen LogP contribution in [-0.2, 0) is 10.1 Å². The number of unbranched alkanes of at least 4 members (excludes halogenated alkanes) is 13. The van der Waals surface area contributed by atoms with Crippen LogP contribution in [0.15, 0.2) is 0 Å². The normalized spacial score (nSPS) is 11.2.